The van der Waals surface area contributed by atoms with Crippen molar-refractivity contribution in [3.8, 4) is 0 Å². The van der Waals surface area contributed by atoms with Crippen LogP contribution in [0.2, 0.25) is 0 Å². The van der Waals surface area contributed by atoms with Crippen molar-refractivity contribution in [3.63, 3.8) is 0 Å². The second kappa shape index (κ2) is 6.41. The fourth-order valence-electron chi connectivity index (χ4n) is 5.16. The minimum Gasteiger partial charge on any atom is -0.350 e. The monoisotopic (exact) mass is 347 g/mol. The van der Waals surface area contributed by atoms with Crippen molar-refractivity contribution in [1.29, 1.82) is 0 Å². The number of carbonyl (C=O) groups excluding carboxylic acids is 1. The van der Waals surface area contributed by atoms with Crippen LogP contribution in [0.5, 0.6) is 0 Å². The van der Waals surface area contributed by atoms with Crippen molar-refractivity contribution in [1.82, 2.24) is 15.6 Å². The van der Waals surface area contributed by atoms with Gasteiger partial charge in [0.05, 0.1) is 5.01 Å². The zero-order valence-corrected chi connectivity index (χ0v) is 15.6. The first-order chi connectivity index (χ1) is 11.6. The topological polar surface area (TPSA) is 54.0 Å². The highest BCUT2D eigenvalue weighted by atomic mass is 32.1. The molecule has 4 atom stereocenters. The number of hydrogen-bond donors (Lipinski definition) is 2. The maximum Gasteiger partial charge on any atom is 0.270 e. The summed E-state index contributed by atoms with van der Waals surface area (Å²) in [5, 5.41) is 9.64. The van der Waals surface area contributed by atoms with Gasteiger partial charge in [-0.3, -0.25) is 4.79 Å². The summed E-state index contributed by atoms with van der Waals surface area (Å²) in [6.45, 7) is 7.73. The Bertz CT molecular complexity index is 604. The molecule has 2 N–H and O–H groups in total. The smallest absolute Gasteiger partial charge is 0.270 e. The first kappa shape index (κ1) is 16.5. The number of thiazole rings is 1. The average molecular weight is 348 g/mol. The van der Waals surface area contributed by atoms with E-state index in [0.29, 0.717) is 22.9 Å². The Labute approximate surface area is 148 Å². The van der Waals surface area contributed by atoms with Crippen LogP contribution in [0.1, 0.15) is 67.4 Å². The van der Waals surface area contributed by atoms with E-state index in [0.717, 1.165) is 36.5 Å². The molecule has 4 nitrogen and oxygen atoms in total. The van der Waals surface area contributed by atoms with Crippen LogP contribution in [0.4, 0.5) is 0 Å². The largest absolute Gasteiger partial charge is 0.350 e. The number of piperidine rings is 1. The quantitative estimate of drug-likeness (QED) is 0.877. The van der Waals surface area contributed by atoms with Gasteiger partial charge in [0, 0.05) is 24.4 Å². The highest BCUT2D eigenvalue weighted by molar-refractivity contribution is 7.09. The summed E-state index contributed by atoms with van der Waals surface area (Å²) < 4.78 is 0. The molecule has 0 spiro atoms. The lowest BCUT2D eigenvalue weighted by Gasteiger charge is -2.60. The number of amides is 1. The van der Waals surface area contributed by atoms with Gasteiger partial charge in [0.2, 0.25) is 0 Å². The molecule has 1 aliphatic heterocycles. The predicted octanol–water partition coefficient (Wildman–Crippen LogP) is 3.41. The average Bonchev–Trinajstić information content (AvgIpc) is 3.10. The van der Waals surface area contributed by atoms with Crippen molar-refractivity contribution in [2.24, 2.45) is 23.2 Å². The second-order valence-electron chi connectivity index (χ2n) is 8.52. The summed E-state index contributed by atoms with van der Waals surface area (Å²) in [6, 6.07) is 0. The molecule has 4 unspecified atom stereocenters. The van der Waals surface area contributed by atoms with Crippen molar-refractivity contribution < 1.29 is 4.79 Å². The van der Waals surface area contributed by atoms with Gasteiger partial charge < -0.3 is 10.6 Å². The van der Waals surface area contributed by atoms with E-state index >= 15 is 0 Å². The number of rotatable bonds is 4. The molecule has 3 aliphatic carbocycles. The van der Waals surface area contributed by atoms with E-state index in [1.54, 1.807) is 11.3 Å². The Morgan fingerprint density at radius 3 is 3.00 bits per heavy atom. The van der Waals surface area contributed by atoms with Gasteiger partial charge in [-0.25, -0.2) is 4.98 Å². The van der Waals surface area contributed by atoms with Gasteiger partial charge in [0.1, 0.15) is 5.69 Å². The molecule has 24 heavy (non-hydrogen) atoms. The summed E-state index contributed by atoms with van der Waals surface area (Å²) in [5.74, 6) is 2.85. The van der Waals surface area contributed by atoms with Crippen molar-refractivity contribution >= 4 is 17.2 Å². The lowest BCUT2D eigenvalue weighted by atomic mass is 9.45. The summed E-state index contributed by atoms with van der Waals surface area (Å²) >= 11 is 1.64. The summed E-state index contributed by atoms with van der Waals surface area (Å²) in [5.41, 5.74) is 1.09. The molecular weight excluding hydrogens is 318 g/mol. The lowest BCUT2D eigenvalue weighted by Crippen LogP contribution is -2.54. The third kappa shape index (κ3) is 2.90. The Hall–Kier alpha value is -0.940. The van der Waals surface area contributed by atoms with E-state index < -0.39 is 0 Å². The predicted molar refractivity (Wildman–Crippen MR) is 97.4 cm³/mol. The van der Waals surface area contributed by atoms with Gasteiger partial charge in [-0.15, -0.1) is 11.3 Å². The SMILES string of the molecule is CC1(C)C2CCC(CNC(=O)c3csc(C4CCCNC4)n3)C1C2. The number of nitrogens with one attached hydrogen (secondary N) is 2. The Morgan fingerprint density at radius 1 is 1.42 bits per heavy atom. The van der Waals surface area contributed by atoms with E-state index in [9.17, 15) is 4.79 Å². The van der Waals surface area contributed by atoms with Crippen molar-refractivity contribution in [2.75, 3.05) is 19.6 Å². The van der Waals surface area contributed by atoms with Gasteiger partial charge in [-0.05, 0) is 61.8 Å². The number of nitrogens with zero attached hydrogens (tertiary/aromatic N) is 1. The molecule has 3 saturated carbocycles. The van der Waals surface area contributed by atoms with E-state index in [1.165, 1.54) is 32.1 Å². The van der Waals surface area contributed by atoms with Gasteiger partial charge in [-0.2, -0.15) is 0 Å². The van der Waals surface area contributed by atoms with Gasteiger partial charge >= 0.3 is 0 Å². The van der Waals surface area contributed by atoms with Crippen LogP contribution in [0.15, 0.2) is 5.38 Å². The highest BCUT2D eigenvalue weighted by Gasteiger charge is 2.53. The number of aromatic nitrogens is 1. The molecule has 1 saturated heterocycles. The summed E-state index contributed by atoms with van der Waals surface area (Å²) in [4.78, 5) is 17.1. The standard InChI is InChI=1S/C19H29N3OS/c1-19(2)14-6-5-12(15(19)8-14)10-21-17(23)16-11-24-18(22-16)13-4-3-7-20-9-13/h11-15,20H,3-10H2,1-2H3,(H,21,23). The third-order valence-corrected chi connectivity index (χ3v) is 7.93. The minimum absolute atomic E-state index is 0.0144. The molecule has 2 bridgehead atoms. The van der Waals surface area contributed by atoms with Gasteiger partial charge in [0.15, 0.2) is 0 Å². The van der Waals surface area contributed by atoms with Crippen LogP contribution in [0.3, 0.4) is 0 Å². The molecule has 132 valence electrons. The molecule has 4 fully saturated rings. The summed E-state index contributed by atoms with van der Waals surface area (Å²) in [7, 11) is 0. The first-order valence-electron chi connectivity index (χ1n) is 9.50. The number of fused-ring (bicyclic) bond motifs is 2. The van der Waals surface area contributed by atoms with E-state index in [1.807, 2.05) is 5.38 Å². The number of carbonyl (C=O) groups is 1. The van der Waals surface area contributed by atoms with E-state index in [-0.39, 0.29) is 5.91 Å². The zero-order valence-electron chi connectivity index (χ0n) is 14.8. The van der Waals surface area contributed by atoms with Crippen LogP contribution in [0.25, 0.3) is 0 Å². The van der Waals surface area contributed by atoms with Crippen LogP contribution in [0, 0.1) is 23.2 Å². The first-order valence-corrected chi connectivity index (χ1v) is 10.4. The fourth-order valence-corrected chi connectivity index (χ4v) is 6.10. The fraction of sp³-hybridized carbons (Fsp3) is 0.789. The van der Waals surface area contributed by atoms with Gasteiger partial charge in [0.25, 0.3) is 5.91 Å². The second-order valence-corrected chi connectivity index (χ2v) is 9.41. The normalized spacial score (nSPS) is 34.4. The van der Waals surface area contributed by atoms with Crippen LogP contribution < -0.4 is 10.6 Å². The maximum atomic E-state index is 12.5. The molecule has 1 aromatic heterocycles. The molecule has 5 heteroatoms. The summed E-state index contributed by atoms with van der Waals surface area (Å²) in [6.07, 6.45) is 6.35. The minimum atomic E-state index is 0.0144. The maximum absolute atomic E-state index is 12.5. The third-order valence-electron chi connectivity index (χ3n) is 6.93. The molecule has 4 aliphatic rings. The van der Waals surface area contributed by atoms with Crippen molar-refractivity contribution in [3.05, 3.63) is 16.1 Å². The molecule has 1 aromatic rings. The Morgan fingerprint density at radius 2 is 2.29 bits per heavy atom. The lowest BCUT2D eigenvalue weighted by molar-refractivity contribution is -0.103. The van der Waals surface area contributed by atoms with Crippen LogP contribution in [-0.2, 0) is 0 Å². The highest BCUT2D eigenvalue weighted by Crippen LogP contribution is 2.61. The Balaban J connectivity index is 1.32. The van der Waals surface area contributed by atoms with E-state index in [4.69, 9.17) is 0 Å². The molecule has 0 aromatic carbocycles. The molecule has 5 rings (SSSR count). The Kier molecular flexibility index (Phi) is 4.42. The number of hydrogen-bond acceptors (Lipinski definition) is 4. The van der Waals surface area contributed by atoms with E-state index in [2.05, 4.69) is 29.5 Å². The molecule has 2 heterocycles. The molecular formula is C19H29N3OS. The zero-order chi connectivity index (χ0) is 16.7. The molecule has 1 amide bonds. The van der Waals surface area contributed by atoms with Crippen LogP contribution >= 0.6 is 11.3 Å². The van der Waals surface area contributed by atoms with Crippen LogP contribution in [-0.4, -0.2) is 30.5 Å². The molecule has 0 radical (unpaired) electrons. The van der Waals surface area contributed by atoms with Crippen molar-refractivity contribution in [2.45, 2.75) is 51.9 Å². The van der Waals surface area contributed by atoms with Gasteiger partial charge in [-0.1, -0.05) is 13.8 Å².